The topological polar surface area (TPSA) is 75.5 Å². The Morgan fingerprint density at radius 1 is 0.868 bits per heavy atom. The van der Waals surface area contributed by atoms with E-state index in [0.717, 1.165) is 33.1 Å². The Morgan fingerprint density at radius 3 is 2.37 bits per heavy atom. The molecule has 1 N–H and O–H groups in total. The van der Waals surface area contributed by atoms with Gasteiger partial charge in [0.15, 0.2) is 5.82 Å². The zero-order valence-corrected chi connectivity index (χ0v) is 20.8. The summed E-state index contributed by atoms with van der Waals surface area (Å²) in [7, 11) is 0. The Morgan fingerprint density at radius 2 is 1.63 bits per heavy atom. The van der Waals surface area contributed by atoms with Gasteiger partial charge in [-0.25, -0.2) is 14.8 Å². The van der Waals surface area contributed by atoms with E-state index >= 15 is 0 Å². The predicted molar refractivity (Wildman–Crippen MR) is 153 cm³/mol. The Balaban J connectivity index is 0.00000336. The van der Waals surface area contributed by atoms with E-state index in [1.165, 1.54) is 0 Å². The molecule has 0 aliphatic heterocycles. The van der Waals surface area contributed by atoms with Crippen LogP contribution in [0.2, 0.25) is 0 Å². The fourth-order valence-corrected chi connectivity index (χ4v) is 4.71. The van der Waals surface area contributed by atoms with Crippen molar-refractivity contribution in [2.24, 2.45) is 0 Å². The summed E-state index contributed by atoms with van der Waals surface area (Å²) < 4.78 is 5.90. The maximum absolute atomic E-state index is 11.8. The van der Waals surface area contributed by atoms with Crippen LogP contribution in [0, 0.1) is 0 Å². The first-order valence-electron chi connectivity index (χ1n) is 11.8. The summed E-state index contributed by atoms with van der Waals surface area (Å²) in [5.41, 5.74) is 3.00. The minimum absolute atomic E-state index is 0. The predicted octanol–water partition coefficient (Wildman–Crippen LogP) is 6.04. The first-order chi connectivity index (χ1) is 18.2. The van der Waals surface area contributed by atoms with Crippen molar-refractivity contribution < 1.29 is 14.6 Å². The molecule has 0 radical (unpaired) electrons. The van der Waals surface area contributed by atoms with Gasteiger partial charge < -0.3 is 14.7 Å². The number of carboxylic acids is 1. The third-order valence-electron chi connectivity index (χ3n) is 5.86. The molecule has 0 fully saturated rings. The van der Waals surface area contributed by atoms with Gasteiger partial charge in [0.2, 0.25) is 0 Å². The molecule has 5 aromatic rings. The van der Waals surface area contributed by atoms with E-state index in [9.17, 15) is 9.90 Å². The van der Waals surface area contributed by atoms with Crippen molar-refractivity contribution in [1.29, 1.82) is 0 Å². The number of thiophene rings is 1. The van der Waals surface area contributed by atoms with Crippen LogP contribution in [-0.4, -0.2) is 50.6 Å². The summed E-state index contributed by atoms with van der Waals surface area (Å²) in [5.74, 6) is 1.15. The molecule has 38 heavy (non-hydrogen) atoms. The van der Waals surface area contributed by atoms with Crippen LogP contribution in [0.3, 0.4) is 0 Å². The van der Waals surface area contributed by atoms with Crippen molar-refractivity contribution in [3.8, 4) is 17.1 Å². The van der Waals surface area contributed by atoms with Crippen molar-refractivity contribution in [3.05, 3.63) is 130 Å². The molecule has 0 amide bonds. The van der Waals surface area contributed by atoms with Gasteiger partial charge in [-0.3, -0.25) is 0 Å². The fraction of sp³-hybridized carbons (Fsp3) is 0.100. The molecule has 3 aromatic carbocycles. The molecule has 0 saturated carbocycles. The van der Waals surface area contributed by atoms with E-state index < -0.39 is 5.97 Å². The summed E-state index contributed by atoms with van der Waals surface area (Å²) in [6.45, 7) is 1.51. The molecule has 8 heteroatoms. The summed E-state index contributed by atoms with van der Waals surface area (Å²) in [5, 5.41) is 11.7. The third kappa shape index (κ3) is 7.08. The van der Waals surface area contributed by atoms with Crippen LogP contribution in [0.15, 0.2) is 109 Å². The molecule has 0 aliphatic rings. The Kier molecular flexibility index (Phi) is 9.67. The molecule has 0 bridgehead atoms. The van der Waals surface area contributed by atoms with Crippen LogP contribution < -0.4 is 9.64 Å². The molecule has 2 heterocycles. The van der Waals surface area contributed by atoms with E-state index in [4.69, 9.17) is 9.72 Å². The van der Waals surface area contributed by atoms with Gasteiger partial charge in [-0.1, -0.05) is 54.6 Å². The monoisotopic (exact) mass is 531 g/mol. The van der Waals surface area contributed by atoms with E-state index in [-0.39, 0.29) is 29.6 Å². The van der Waals surface area contributed by atoms with Crippen molar-refractivity contribution in [2.45, 2.75) is 19.7 Å². The second-order valence-corrected chi connectivity index (χ2v) is 9.47. The second-order valence-electron chi connectivity index (χ2n) is 8.43. The van der Waals surface area contributed by atoms with Crippen molar-refractivity contribution in [3.63, 3.8) is 0 Å². The van der Waals surface area contributed by atoms with Crippen LogP contribution in [0.25, 0.3) is 11.4 Å². The Bertz CT molecular complexity index is 1460. The molecule has 0 spiro atoms. The number of hydrogen-bond acceptors (Lipinski definition) is 6. The number of anilines is 1. The molecule has 0 saturated heterocycles. The van der Waals surface area contributed by atoms with Crippen molar-refractivity contribution >= 4 is 52.7 Å². The average Bonchev–Trinajstić information content (AvgIpc) is 3.46. The van der Waals surface area contributed by atoms with Gasteiger partial charge in [0.05, 0.1) is 12.1 Å². The van der Waals surface area contributed by atoms with E-state index in [2.05, 4.69) is 16.0 Å². The molecule has 0 unspecified atom stereocenters. The molecular weight excluding hydrogens is 505 g/mol. The Labute approximate surface area is 247 Å². The molecule has 2 aromatic heterocycles. The first-order valence-corrected chi connectivity index (χ1v) is 12.7. The number of benzene rings is 3. The van der Waals surface area contributed by atoms with Gasteiger partial charge in [-0.15, -0.1) is 11.3 Å². The summed E-state index contributed by atoms with van der Waals surface area (Å²) in [6, 6.07) is 30.8. The van der Waals surface area contributed by atoms with Gasteiger partial charge >= 0.3 is 35.5 Å². The number of carbonyl (C=O) groups is 1. The number of aromatic carboxylic acids is 1. The van der Waals surface area contributed by atoms with E-state index in [1.807, 2.05) is 84.2 Å². The molecule has 0 aliphatic carbocycles. The van der Waals surface area contributed by atoms with Crippen LogP contribution in [0.1, 0.15) is 26.4 Å². The quantitative estimate of drug-likeness (QED) is 0.222. The van der Waals surface area contributed by atoms with Crippen LogP contribution in [0.4, 0.5) is 5.82 Å². The molecule has 0 atom stereocenters. The van der Waals surface area contributed by atoms with Gasteiger partial charge in [0.1, 0.15) is 18.2 Å². The average molecular weight is 532 g/mol. The zero-order chi connectivity index (χ0) is 25.5. The molecule has 186 valence electrons. The van der Waals surface area contributed by atoms with Crippen LogP contribution >= 0.6 is 11.3 Å². The van der Waals surface area contributed by atoms with E-state index in [0.29, 0.717) is 31.1 Å². The standard InChI is InChI=1S/C30H25N3O3S.Na.H/c34-30(35)27-11-5-4-9-24(27)19-33(20-26-10-6-18-37-26)28-16-17-31-29(32-28)23-12-14-25(15-13-23)36-21-22-7-2-1-3-8-22;;/h1-18H,19-21H2,(H,34,35);;. The molecule has 6 nitrogen and oxygen atoms in total. The summed E-state index contributed by atoms with van der Waals surface area (Å²) in [4.78, 5) is 24.4. The summed E-state index contributed by atoms with van der Waals surface area (Å²) >= 11 is 1.66. The van der Waals surface area contributed by atoms with Gasteiger partial charge in [0, 0.05) is 23.2 Å². The molecular formula is C30H26N3NaO3S. The van der Waals surface area contributed by atoms with Crippen molar-refractivity contribution in [1.82, 2.24) is 9.97 Å². The third-order valence-corrected chi connectivity index (χ3v) is 6.72. The number of rotatable bonds is 10. The van der Waals surface area contributed by atoms with Crippen LogP contribution in [0.5, 0.6) is 5.75 Å². The van der Waals surface area contributed by atoms with Gasteiger partial charge in [-0.05, 0) is 59.0 Å². The van der Waals surface area contributed by atoms with E-state index in [1.54, 1.807) is 29.7 Å². The van der Waals surface area contributed by atoms with Gasteiger partial charge in [0.25, 0.3) is 0 Å². The molecule has 5 rings (SSSR count). The maximum atomic E-state index is 11.8. The zero-order valence-electron chi connectivity index (χ0n) is 20.0. The number of aromatic nitrogens is 2. The van der Waals surface area contributed by atoms with Crippen molar-refractivity contribution in [2.75, 3.05) is 4.90 Å². The van der Waals surface area contributed by atoms with Crippen LogP contribution in [-0.2, 0) is 19.7 Å². The Hall–Kier alpha value is -3.49. The SMILES string of the molecule is O=C(O)c1ccccc1CN(Cc1cccs1)c1ccnc(-c2ccc(OCc3ccccc3)cc2)n1.[NaH]. The number of carboxylic acid groups (broad SMARTS) is 1. The number of hydrogen-bond donors (Lipinski definition) is 1. The fourth-order valence-electron chi connectivity index (χ4n) is 3.99. The normalized spacial score (nSPS) is 10.4. The minimum atomic E-state index is -0.940. The first kappa shape index (κ1) is 27.5. The van der Waals surface area contributed by atoms with Gasteiger partial charge in [-0.2, -0.15) is 0 Å². The second kappa shape index (κ2) is 13.3. The number of nitrogens with zero attached hydrogens (tertiary/aromatic N) is 3. The summed E-state index contributed by atoms with van der Waals surface area (Å²) in [6.07, 6.45) is 1.74. The number of ether oxygens (including phenoxy) is 1.